The Kier molecular flexibility index (Phi) is 17.0. The number of ether oxygens (including phenoxy) is 1. The summed E-state index contributed by atoms with van der Waals surface area (Å²) >= 11 is 0. The number of rotatable bonds is 20. The summed E-state index contributed by atoms with van der Waals surface area (Å²) in [5.41, 5.74) is 11.4. The first-order valence-electron chi connectivity index (χ1n) is 15.7. The first-order chi connectivity index (χ1) is 21.0. The summed E-state index contributed by atoms with van der Waals surface area (Å²) in [7, 11) is 0. The van der Waals surface area contributed by atoms with Crippen LogP contribution in [-0.4, -0.2) is 54.5 Å². The quantitative estimate of drug-likeness (QED) is 0.106. The number of Topliss-reactive ketones (excluding diaryl/α,β-unsaturated/α-hetero) is 2. The number of anilines is 1. The molecule has 0 fully saturated rings. The van der Waals surface area contributed by atoms with Crippen molar-refractivity contribution in [3.05, 3.63) is 29.8 Å². The third-order valence-corrected chi connectivity index (χ3v) is 7.27. The van der Waals surface area contributed by atoms with Gasteiger partial charge >= 0.3 is 12.0 Å². The van der Waals surface area contributed by atoms with E-state index in [1.165, 1.54) is 6.92 Å². The van der Waals surface area contributed by atoms with Crippen molar-refractivity contribution in [3.63, 3.8) is 0 Å². The molecule has 0 aliphatic rings. The number of unbranched alkanes of at least 4 members (excludes halogenated alkanes) is 1. The van der Waals surface area contributed by atoms with E-state index in [2.05, 4.69) is 16.0 Å². The lowest BCUT2D eigenvalue weighted by Gasteiger charge is -2.26. The number of urea groups is 1. The maximum Gasteiger partial charge on any atom is 0.312 e. The van der Waals surface area contributed by atoms with Gasteiger partial charge in [0.2, 0.25) is 11.8 Å². The highest BCUT2D eigenvalue weighted by molar-refractivity contribution is 5.97. The van der Waals surface area contributed by atoms with Gasteiger partial charge in [0.15, 0.2) is 5.78 Å². The van der Waals surface area contributed by atoms with Crippen molar-refractivity contribution >= 4 is 41.1 Å². The Labute approximate surface area is 267 Å². The van der Waals surface area contributed by atoms with Crippen molar-refractivity contribution in [1.29, 1.82) is 0 Å². The standard InChI is InChI=1S/C33H53N5O7/c1-21(2)28(38-30(42)24(18-22(3)39)10-7-8-16-34)27(40)19-25(11-9-17-36-32(35)44)29(41)37-26-14-12-23(13-15-26)20-45-31(43)33(4,5)6/h12-15,21,24-25,28H,7-11,16-20,34H2,1-6H3,(H,37,41)(H,38,42)(H3,35,36,44)/t24-,25-,28+/m1/s1. The second kappa shape index (κ2) is 19.6. The first-order valence-corrected chi connectivity index (χ1v) is 15.7. The third-order valence-electron chi connectivity index (χ3n) is 7.27. The molecule has 0 saturated heterocycles. The van der Waals surface area contributed by atoms with Crippen LogP contribution in [0.1, 0.15) is 92.1 Å². The molecule has 0 saturated carbocycles. The summed E-state index contributed by atoms with van der Waals surface area (Å²) in [6.45, 7) is 11.2. The molecule has 7 N–H and O–H groups in total. The number of hydrogen-bond donors (Lipinski definition) is 5. The molecule has 1 rings (SSSR count). The third kappa shape index (κ3) is 15.7. The van der Waals surface area contributed by atoms with Crippen LogP contribution < -0.4 is 27.4 Å². The van der Waals surface area contributed by atoms with Crippen molar-refractivity contribution in [2.45, 2.75) is 99.1 Å². The summed E-state index contributed by atoms with van der Waals surface area (Å²) < 4.78 is 5.34. The molecule has 0 aromatic heterocycles. The second-order valence-electron chi connectivity index (χ2n) is 12.9. The molecule has 4 amide bonds. The largest absolute Gasteiger partial charge is 0.460 e. The number of ketones is 2. The molecule has 0 heterocycles. The fraction of sp³-hybridized carbons (Fsp3) is 0.636. The zero-order valence-electron chi connectivity index (χ0n) is 27.7. The number of benzene rings is 1. The van der Waals surface area contributed by atoms with Gasteiger partial charge in [0, 0.05) is 36.9 Å². The highest BCUT2D eigenvalue weighted by Crippen LogP contribution is 2.21. The van der Waals surface area contributed by atoms with E-state index in [-0.39, 0.29) is 67.7 Å². The Morgan fingerprint density at radius 3 is 2.00 bits per heavy atom. The van der Waals surface area contributed by atoms with Gasteiger partial charge in [-0.25, -0.2) is 4.79 Å². The first kappa shape index (κ1) is 39.2. The summed E-state index contributed by atoms with van der Waals surface area (Å²) in [5, 5.41) is 8.18. The number of nitrogens with two attached hydrogens (primary N) is 2. The van der Waals surface area contributed by atoms with Crippen molar-refractivity contribution in [2.24, 2.45) is 34.6 Å². The predicted molar refractivity (Wildman–Crippen MR) is 173 cm³/mol. The van der Waals surface area contributed by atoms with E-state index in [9.17, 15) is 28.8 Å². The maximum atomic E-state index is 13.6. The molecule has 3 atom stereocenters. The zero-order chi connectivity index (χ0) is 34.2. The number of hydrogen-bond acceptors (Lipinski definition) is 8. The number of nitrogens with one attached hydrogen (secondary N) is 3. The molecule has 252 valence electrons. The molecule has 0 spiro atoms. The Hall–Kier alpha value is -3.80. The molecule has 0 unspecified atom stereocenters. The molecule has 1 aromatic rings. The molecule has 0 radical (unpaired) electrons. The van der Waals surface area contributed by atoms with Gasteiger partial charge in [0.1, 0.15) is 12.4 Å². The molecule has 1 aromatic carbocycles. The summed E-state index contributed by atoms with van der Waals surface area (Å²) in [6.07, 6.45) is 2.51. The van der Waals surface area contributed by atoms with Crippen LogP contribution in [-0.2, 0) is 35.3 Å². The van der Waals surface area contributed by atoms with Crippen LogP contribution in [0.15, 0.2) is 24.3 Å². The van der Waals surface area contributed by atoms with E-state index in [0.29, 0.717) is 31.5 Å². The van der Waals surface area contributed by atoms with Crippen molar-refractivity contribution in [2.75, 3.05) is 18.4 Å². The zero-order valence-corrected chi connectivity index (χ0v) is 27.7. The molecule has 0 bridgehead atoms. The lowest BCUT2D eigenvalue weighted by Crippen LogP contribution is -2.48. The van der Waals surface area contributed by atoms with Crippen LogP contribution in [0.2, 0.25) is 0 Å². The predicted octanol–water partition coefficient (Wildman–Crippen LogP) is 3.60. The monoisotopic (exact) mass is 631 g/mol. The minimum Gasteiger partial charge on any atom is -0.460 e. The summed E-state index contributed by atoms with van der Waals surface area (Å²) in [5.74, 6) is -3.08. The van der Waals surface area contributed by atoms with E-state index in [4.69, 9.17) is 16.2 Å². The highest BCUT2D eigenvalue weighted by Gasteiger charge is 2.31. The Balaban J connectivity index is 3.02. The van der Waals surface area contributed by atoms with Gasteiger partial charge in [-0.1, -0.05) is 32.4 Å². The summed E-state index contributed by atoms with van der Waals surface area (Å²) in [4.78, 5) is 75.1. The SMILES string of the molecule is CC(=O)C[C@@H](CCCCN)C(=O)N[C@H](C(=O)C[C@@H](CCCNC(N)=O)C(=O)Nc1ccc(COC(=O)C(C)(C)C)cc1)C(C)C. The van der Waals surface area contributed by atoms with Crippen LogP contribution in [0.3, 0.4) is 0 Å². The van der Waals surface area contributed by atoms with Crippen LogP contribution >= 0.6 is 0 Å². The topological polar surface area (TPSA) is 200 Å². The average Bonchev–Trinajstić information content (AvgIpc) is 2.95. The van der Waals surface area contributed by atoms with E-state index >= 15 is 0 Å². The van der Waals surface area contributed by atoms with Crippen LogP contribution in [0.25, 0.3) is 0 Å². The molecular formula is C33H53N5O7. The molecular weight excluding hydrogens is 578 g/mol. The fourth-order valence-electron chi connectivity index (χ4n) is 4.65. The average molecular weight is 632 g/mol. The van der Waals surface area contributed by atoms with E-state index in [0.717, 1.165) is 12.0 Å². The number of primary amides is 1. The van der Waals surface area contributed by atoms with Gasteiger partial charge in [-0.2, -0.15) is 0 Å². The Morgan fingerprint density at radius 2 is 1.47 bits per heavy atom. The van der Waals surface area contributed by atoms with Gasteiger partial charge in [-0.15, -0.1) is 0 Å². The van der Waals surface area contributed by atoms with Crippen molar-refractivity contribution < 1.29 is 33.5 Å². The lowest BCUT2D eigenvalue weighted by atomic mass is 9.88. The normalized spacial score (nSPS) is 13.3. The van der Waals surface area contributed by atoms with Gasteiger partial charge in [-0.05, 0) is 83.5 Å². The molecule has 12 heteroatoms. The second-order valence-corrected chi connectivity index (χ2v) is 12.9. The van der Waals surface area contributed by atoms with Gasteiger partial charge < -0.3 is 36.9 Å². The van der Waals surface area contributed by atoms with Gasteiger partial charge in [0.05, 0.1) is 11.5 Å². The Bertz CT molecular complexity index is 1150. The van der Waals surface area contributed by atoms with Gasteiger partial charge in [0.25, 0.3) is 0 Å². The highest BCUT2D eigenvalue weighted by atomic mass is 16.5. The van der Waals surface area contributed by atoms with E-state index < -0.39 is 29.3 Å². The van der Waals surface area contributed by atoms with E-state index in [1.54, 1.807) is 45.0 Å². The molecule has 12 nitrogen and oxygen atoms in total. The Morgan fingerprint density at radius 1 is 0.867 bits per heavy atom. The molecule has 0 aliphatic heterocycles. The fourth-order valence-corrected chi connectivity index (χ4v) is 4.65. The smallest absolute Gasteiger partial charge is 0.312 e. The van der Waals surface area contributed by atoms with E-state index in [1.807, 2.05) is 13.8 Å². The van der Waals surface area contributed by atoms with Crippen molar-refractivity contribution in [3.8, 4) is 0 Å². The molecule has 0 aliphatic carbocycles. The van der Waals surface area contributed by atoms with Gasteiger partial charge in [-0.3, -0.25) is 19.2 Å². The maximum absolute atomic E-state index is 13.6. The van der Waals surface area contributed by atoms with Crippen LogP contribution in [0.5, 0.6) is 0 Å². The minimum absolute atomic E-state index is 0.0745. The number of amides is 4. The van der Waals surface area contributed by atoms with Crippen molar-refractivity contribution in [1.82, 2.24) is 10.6 Å². The van der Waals surface area contributed by atoms with Crippen LogP contribution in [0, 0.1) is 23.2 Å². The lowest BCUT2D eigenvalue weighted by molar-refractivity contribution is -0.154. The molecule has 45 heavy (non-hydrogen) atoms. The number of esters is 1. The van der Waals surface area contributed by atoms with Crippen LogP contribution in [0.4, 0.5) is 10.5 Å². The number of carbonyl (C=O) groups is 6. The minimum atomic E-state index is -0.851. The number of carbonyl (C=O) groups excluding carboxylic acids is 6. The summed E-state index contributed by atoms with van der Waals surface area (Å²) in [6, 6.07) is 5.30.